The Bertz CT molecular complexity index is 242. The molecule has 1 saturated heterocycles. The van der Waals surface area contributed by atoms with Crippen LogP contribution in [0.25, 0.3) is 0 Å². The van der Waals surface area contributed by atoms with Crippen molar-refractivity contribution in [1.29, 1.82) is 0 Å². The second-order valence-corrected chi connectivity index (χ2v) is 10.8. The van der Waals surface area contributed by atoms with Crippen LogP contribution < -0.4 is 0 Å². The summed E-state index contributed by atoms with van der Waals surface area (Å²) in [6, 6.07) is 4.72. The quantitative estimate of drug-likeness (QED) is 0.528. The van der Waals surface area contributed by atoms with Crippen LogP contribution in [-0.4, -0.2) is 27.3 Å². The molecule has 1 atom stereocenters. The van der Waals surface area contributed by atoms with Gasteiger partial charge in [0.25, 0.3) is 0 Å². The van der Waals surface area contributed by atoms with Crippen molar-refractivity contribution in [2.75, 3.05) is 13.3 Å². The molecule has 1 aliphatic heterocycles. The van der Waals surface area contributed by atoms with Gasteiger partial charge in [0, 0.05) is 0 Å². The summed E-state index contributed by atoms with van der Waals surface area (Å²) in [5.41, 5.74) is 1.17. The van der Waals surface area contributed by atoms with E-state index in [1.54, 1.807) is 37.9 Å². The third kappa shape index (κ3) is 6.06. The fourth-order valence-electron chi connectivity index (χ4n) is 3.40. The summed E-state index contributed by atoms with van der Waals surface area (Å²) in [6.45, 7) is 8.17. The Morgan fingerprint density at radius 1 is 1.21 bits per heavy atom. The molecule has 114 valence electrons. The number of carbonyl (C=O) groups is 1. The first-order chi connectivity index (χ1) is 9.10. The lowest BCUT2D eigenvalue weighted by atomic mass is 10.1. The maximum absolute atomic E-state index is 11.1. The van der Waals surface area contributed by atoms with Crippen LogP contribution in [0, 0.1) is 0 Å². The molecule has 0 N–H and O–H groups in total. The summed E-state index contributed by atoms with van der Waals surface area (Å²) in [5.74, 6) is -0.789. The van der Waals surface area contributed by atoms with E-state index >= 15 is 0 Å². The molecule has 1 rings (SSSR count). The van der Waals surface area contributed by atoms with Crippen molar-refractivity contribution in [1.82, 2.24) is 0 Å². The molecule has 0 saturated carbocycles. The van der Waals surface area contributed by atoms with Crippen molar-refractivity contribution < 1.29 is 13.9 Å². The molecule has 1 heterocycles. The predicted octanol–water partition coefficient (Wildman–Crippen LogP) is 4.96. The van der Waals surface area contributed by atoms with Gasteiger partial charge in [-0.2, -0.15) is 0 Å². The average Bonchev–Trinajstić information content (AvgIpc) is 2.47. The Morgan fingerprint density at radius 3 is 2.16 bits per heavy atom. The van der Waals surface area contributed by atoms with Gasteiger partial charge in [-0.25, -0.2) is 9.18 Å². The molecule has 0 amide bonds. The van der Waals surface area contributed by atoms with E-state index in [0.717, 1.165) is 0 Å². The lowest BCUT2D eigenvalue weighted by Crippen LogP contribution is -2.40. The SMILES string of the molecule is CCC1CCCC[Si]1(CC)CC.CCOC(=O)CF. The minimum Gasteiger partial charge on any atom is -0.464 e. The summed E-state index contributed by atoms with van der Waals surface area (Å²) >= 11 is 0. The highest BCUT2D eigenvalue weighted by atomic mass is 28.3. The van der Waals surface area contributed by atoms with E-state index in [1.807, 2.05) is 0 Å². The summed E-state index contributed by atoms with van der Waals surface area (Å²) in [5, 5.41) is 0. The summed E-state index contributed by atoms with van der Waals surface area (Å²) in [6.07, 6.45) is 6.09. The summed E-state index contributed by atoms with van der Waals surface area (Å²) < 4.78 is 15.3. The van der Waals surface area contributed by atoms with Gasteiger partial charge < -0.3 is 4.74 Å². The molecule has 1 aliphatic rings. The maximum Gasteiger partial charge on any atom is 0.337 e. The van der Waals surface area contributed by atoms with Crippen molar-refractivity contribution >= 4 is 14.0 Å². The highest BCUT2D eigenvalue weighted by Crippen LogP contribution is 2.44. The predicted molar refractivity (Wildman–Crippen MR) is 82.0 cm³/mol. The molecule has 0 aliphatic carbocycles. The average molecular weight is 290 g/mol. The van der Waals surface area contributed by atoms with Gasteiger partial charge in [-0.3, -0.25) is 0 Å². The smallest absolute Gasteiger partial charge is 0.337 e. The number of rotatable bonds is 5. The minimum atomic E-state index is -1.02. The van der Waals surface area contributed by atoms with Gasteiger partial charge in [-0.05, 0) is 12.5 Å². The summed E-state index contributed by atoms with van der Waals surface area (Å²) in [4.78, 5) is 9.81. The monoisotopic (exact) mass is 290 g/mol. The third-order valence-corrected chi connectivity index (χ3v) is 11.3. The number of esters is 1. The molecule has 1 unspecified atom stereocenters. The second-order valence-electron chi connectivity index (χ2n) is 5.36. The first-order valence-electron chi connectivity index (χ1n) is 7.81. The zero-order valence-corrected chi connectivity index (χ0v) is 14.1. The molecule has 0 aromatic carbocycles. The standard InChI is InChI=1S/C11H24Si.C4H7FO2/c1-4-11-9-7-8-10-12(11,5-2)6-3;1-2-7-4(6)3-5/h11H,4-10H2,1-3H3;2-3H2,1H3. The molecule has 0 spiro atoms. The van der Waals surface area contributed by atoms with Crippen LogP contribution in [0.5, 0.6) is 0 Å². The van der Waals surface area contributed by atoms with E-state index in [2.05, 4.69) is 25.5 Å². The topological polar surface area (TPSA) is 26.3 Å². The molecule has 1 fully saturated rings. The van der Waals surface area contributed by atoms with Crippen LogP contribution >= 0.6 is 0 Å². The molecule has 2 nitrogen and oxygen atoms in total. The van der Waals surface area contributed by atoms with Crippen molar-refractivity contribution in [2.45, 2.75) is 77.1 Å². The van der Waals surface area contributed by atoms with Gasteiger partial charge in [0.1, 0.15) is 0 Å². The lowest BCUT2D eigenvalue weighted by Gasteiger charge is -2.41. The Balaban J connectivity index is 0.000000399. The zero-order chi connectivity index (χ0) is 14.7. The first-order valence-corrected chi connectivity index (χ1v) is 10.5. The van der Waals surface area contributed by atoms with Gasteiger partial charge in [0.15, 0.2) is 6.67 Å². The van der Waals surface area contributed by atoms with E-state index in [0.29, 0.717) is 0 Å². The minimum absolute atomic E-state index is 0.253. The molecule has 0 aromatic rings. The highest BCUT2D eigenvalue weighted by Gasteiger charge is 2.38. The van der Waals surface area contributed by atoms with Crippen LogP contribution in [0.4, 0.5) is 4.39 Å². The molecular formula is C15H31FO2Si. The van der Waals surface area contributed by atoms with E-state index in [9.17, 15) is 9.18 Å². The number of hydrogen-bond donors (Lipinski definition) is 0. The van der Waals surface area contributed by atoms with E-state index in [4.69, 9.17) is 0 Å². The molecule has 19 heavy (non-hydrogen) atoms. The largest absolute Gasteiger partial charge is 0.464 e. The van der Waals surface area contributed by atoms with Gasteiger partial charge in [-0.15, -0.1) is 0 Å². The maximum atomic E-state index is 11.1. The number of hydrogen-bond acceptors (Lipinski definition) is 2. The second kappa shape index (κ2) is 10.4. The van der Waals surface area contributed by atoms with Gasteiger partial charge in [0.2, 0.25) is 0 Å². The Hall–Kier alpha value is -0.383. The lowest BCUT2D eigenvalue weighted by molar-refractivity contribution is -0.144. The van der Waals surface area contributed by atoms with Crippen molar-refractivity contribution in [3.05, 3.63) is 0 Å². The van der Waals surface area contributed by atoms with Gasteiger partial charge in [-0.1, -0.05) is 64.6 Å². The van der Waals surface area contributed by atoms with E-state index in [1.165, 1.54) is 18.4 Å². The molecule has 0 aromatic heterocycles. The van der Waals surface area contributed by atoms with Crippen LogP contribution in [-0.2, 0) is 9.53 Å². The Labute approximate surface area is 119 Å². The first kappa shape index (κ1) is 18.6. The van der Waals surface area contributed by atoms with Crippen molar-refractivity contribution in [3.63, 3.8) is 0 Å². The molecule has 4 heteroatoms. The normalized spacial score (nSPS) is 21.2. The third-order valence-electron chi connectivity index (χ3n) is 4.66. The van der Waals surface area contributed by atoms with Gasteiger partial charge >= 0.3 is 5.97 Å². The number of ether oxygens (including phenoxy) is 1. The number of alkyl halides is 1. The van der Waals surface area contributed by atoms with Crippen molar-refractivity contribution in [2.24, 2.45) is 0 Å². The van der Waals surface area contributed by atoms with Crippen molar-refractivity contribution in [3.8, 4) is 0 Å². The fraction of sp³-hybridized carbons (Fsp3) is 0.933. The molecule has 0 bridgehead atoms. The van der Waals surface area contributed by atoms with Crippen LogP contribution in [0.15, 0.2) is 0 Å². The number of carbonyl (C=O) groups excluding carboxylic acids is 1. The molecule has 0 radical (unpaired) electrons. The highest BCUT2D eigenvalue weighted by molar-refractivity contribution is 6.81. The van der Waals surface area contributed by atoms with E-state index in [-0.39, 0.29) is 6.61 Å². The number of halogens is 1. The van der Waals surface area contributed by atoms with Crippen LogP contribution in [0.1, 0.15) is 53.4 Å². The zero-order valence-electron chi connectivity index (χ0n) is 13.1. The molecular weight excluding hydrogens is 259 g/mol. The van der Waals surface area contributed by atoms with Crippen LogP contribution in [0.3, 0.4) is 0 Å². The summed E-state index contributed by atoms with van der Waals surface area (Å²) in [7, 11) is -0.760. The Morgan fingerprint density at radius 2 is 1.84 bits per heavy atom. The Kier molecular flexibility index (Phi) is 10.2. The van der Waals surface area contributed by atoms with Crippen LogP contribution in [0.2, 0.25) is 23.7 Å². The fourth-order valence-corrected chi connectivity index (χ4v) is 8.80. The van der Waals surface area contributed by atoms with Gasteiger partial charge in [0.05, 0.1) is 14.7 Å². The van der Waals surface area contributed by atoms with E-state index < -0.39 is 20.7 Å².